The first kappa shape index (κ1) is 16.7. The monoisotopic (exact) mass is 345 g/mol. The molecule has 2 rings (SSSR count). The van der Waals surface area contributed by atoms with E-state index in [1.165, 1.54) is 0 Å². The standard InChI is InChI=1S/C13H14ClNO6S/c14-9-5-4-8(12(16)17)7-11(9)22(20,21)15-6-2-1-3-10(15)13(18)19/h4-5,7,10H,1-3,6H2,(H,16,17)(H,18,19)/p-2/t10-/m1/s1. The molecule has 0 saturated carbocycles. The van der Waals surface area contributed by atoms with Crippen LogP contribution in [0.4, 0.5) is 0 Å². The highest BCUT2D eigenvalue weighted by atomic mass is 35.5. The van der Waals surface area contributed by atoms with Crippen LogP contribution in [0.15, 0.2) is 23.1 Å². The minimum absolute atomic E-state index is 0.00680. The Labute approximate surface area is 132 Å². The normalized spacial score (nSPS) is 19.8. The number of piperidine rings is 1. The van der Waals surface area contributed by atoms with Crippen molar-refractivity contribution < 1.29 is 28.2 Å². The number of carbonyl (C=O) groups is 2. The zero-order valence-electron chi connectivity index (χ0n) is 11.3. The summed E-state index contributed by atoms with van der Waals surface area (Å²) in [6, 6.07) is 1.82. The molecule has 0 amide bonds. The fraction of sp³-hybridized carbons (Fsp3) is 0.385. The quantitative estimate of drug-likeness (QED) is 0.690. The van der Waals surface area contributed by atoms with Crippen molar-refractivity contribution in [3.63, 3.8) is 0 Å². The number of aliphatic carboxylic acids is 1. The maximum atomic E-state index is 12.6. The molecule has 120 valence electrons. The molecular formula is C13H12ClNO6S-2. The van der Waals surface area contributed by atoms with Crippen molar-refractivity contribution in [3.05, 3.63) is 28.8 Å². The van der Waals surface area contributed by atoms with Gasteiger partial charge in [-0.2, -0.15) is 4.31 Å². The summed E-state index contributed by atoms with van der Waals surface area (Å²) in [4.78, 5) is 21.6. The van der Waals surface area contributed by atoms with Gasteiger partial charge in [0.05, 0.1) is 23.0 Å². The molecular weight excluding hydrogens is 334 g/mol. The molecule has 7 nitrogen and oxygen atoms in total. The summed E-state index contributed by atoms with van der Waals surface area (Å²) in [6.07, 6.45) is 1.21. The highest BCUT2D eigenvalue weighted by Crippen LogP contribution is 2.30. The van der Waals surface area contributed by atoms with Crippen LogP contribution in [0.25, 0.3) is 0 Å². The number of carboxylic acid groups (broad SMARTS) is 2. The summed E-state index contributed by atoms with van der Waals surface area (Å²) < 4.78 is 26.1. The number of carboxylic acids is 2. The van der Waals surface area contributed by atoms with Gasteiger partial charge >= 0.3 is 0 Å². The van der Waals surface area contributed by atoms with Gasteiger partial charge in [-0.05, 0) is 30.5 Å². The Morgan fingerprint density at radius 1 is 1.23 bits per heavy atom. The third kappa shape index (κ3) is 3.08. The van der Waals surface area contributed by atoms with Gasteiger partial charge in [-0.3, -0.25) is 0 Å². The van der Waals surface area contributed by atoms with Crippen molar-refractivity contribution in [1.29, 1.82) is 0 Å². The first-order valence-electron chi connectivity index (χ1n) is 6.48. The number of hydrogen-bond acceptors (Lipinski definition) is 6. The number of aromatic carboxylic acids is 1. The molecule has 1 aliphatic rings. The molecule has 0 aromatic heterocycles. The van der Waals surface area contributed by atoms with Crippen LogP contribution < -0.4 is 10.2 Å². The van der Waals surface area contributed by atoms with Crippen molar-refractivity contribution in [2.45, 2.75) is 30.2 Å². The molecule has 0 radical (unpaired) electrons. The molecule has 1 fully saturated rings. The highest BCUT2D eigenvalue weighted by molar-refractivity contribution is 7.89. The highest BCUT2D eigenvalue weighted by Gasteiger charge is 2.35. The van der Waals surface area contributed by atoms with Crippen molar-refractivity contribution in [2.24, 2.45) is 0 Å². The molecule has 0 aliphatic carbocycles. The topological polar surface area (TPSA) is 118 Å². The third-order valence-electron chi connectivity index (χ3n) is 3.48. The second kappa shape index (κ2) is 6.23. The molecule has 22 heavy (non-hydrogen) atoms. The Bertz CT molecular complexity index is 717. The van der Waals surface area contributed by atoms with Crippen LogP contribution in [0, 0.1) is 0 Å². The van der Waals surface area contributed by atoms with Crippen LogP contribution in [-0.4, -0.2) is 37.2 Å². The second-order valence-electron chi connectivity index (χ2n) is 4.88. The smallest absolute Gasteiger partial charge is 0.245 e. The van der Waals surface area contributed by atoms with E-state index < -0.39 is 32.9 Å². The van der Waals surface area contributed by atoms with Gasteiger partial charge in [-0.1, -0.05) is 24.1 Å². The molecule has 1 atom stereocenters. The molecule has 1 saturated heterocycles. The number of halogens is 1. The number of nitrogens with zero attached hydrogens (tertiary/aromatic N) is 1. The average Bonchev–Trinajstić information content (AvgIpc) is 2.47. The van der Waals surface area contributed by atoms with E-state index in [9.17, 15) is 28.2 Å². The van der Waals surface area contributed by atoms with Gasteiger partial charge in [-0.15, -0.1) is 0 Å². The lowest BCUT2D eigenvalue weighted by Crippen LogP contribution is -2.52. The SMILES string of the molecule is O=C([O-])c1ccc(Cl)c(S(=O)(=O)N2CCCC[C@@H]2C(=O)[O-])c1. The summed E-state index contributed by atoms with van der Waals surface area (Å²) in [5.41, 5.74) is -0.356. The van der Waals surface area contributed by atoms with E-state index in [1.807, 2.05) is 0 Å². The van der Waals surface area contributed by atoms with E-state index in [0.717, 1.165) is 22.5 Å². The number of benzene rings is 1. The Kier molecular flexibility index (Phi) is 4.74. The number of carbonyl (C=O) groups excluding carboxylic acids is 2. The molecule has 0 spiro atoms. The minimum Gasteiger partial charge on any atom is -0.548 e. The molecule has 9 heteroatoms. The summed E-state index contributed by atoms with van der Waals surface area (Å²) in [6.45, 7) is 0.00680. The largest absolute Gasteiger partial charge is 0.548 e. The Morgan fingerprint density at radius 3 is 2.50 bits per heavy atom. The van der Waals surface area contributed by atoms with E-state index in [4.69, 9.17) is 11.6 Å². The lowest BCUT2D eigenvalue weighted by molar-refractivity contribution is -0.311. The van der Waals surface area contributed by atoms with E-state index in [2.05, 4.69) is 0 Å². The average molecular weight is 346 g/mol. The lowest BCUT2D eigenvalue weighted by atomic mass is 10.1. The van der Waals surface area contributed by atoms with Crippen LogP contribution >= 0.6 is 11.6 Å². The van der Waals surface area contributed by atoms with E-state index in [-0.39, 0.29) is 23.6 Å². The van der Waals surface area contributed by atoms with Gasteiger partial charge in [0.25, 0.3) is 0 Å². The van der Waals surface area contributed by atoms with Gasteiger partial charge in [0.2, 0.25) is 10.0 Å². The van der Waals surface area contributed by atoms with Crippen LogP contribution in [0.2, 0.25) is 5.02 Å². The van der Waals surface area contributed by atoms with Gasteiger partial charge in [0, 0.05) is 6.54 Å². The van der Waals surface area contributed by atoms with Crippen LogP contribution in [0.1, 0.15) is 29.6 Å². The van der Waals surface area contributed by atoms with Crippen LogP contribution in [0.3, 0.4) is 0 Å². The summed E-state index contributed by atoms with van der Waals surface area (Å²) >= 11 is 5.85. The maximum Gasteiger partial charge on any atom is 0.245 e. The molecule has 1 heterocycles. The Hall–Kier alpha value is -1.64. The molecule has 0 N–H and O–H groups in total. The fourth-order valence-electron chi connectivity index (χ4n) is 2.38. The van der Waals surface area contributed by atoms with Crippen molar-refractivity contribution >= 4 is 33.6 Å². The molecule has 1 aliphatic heterocycles. The predicted octanol–water partition coefficient (Wildman–Crippen LogP) is -1.00. The zero-order valence-corrected chi connectivity index (χ0v) is 12.9. The third-order valence-corrected chi connectivity index (χ3v) is 5.87. The van der Waals surface area contributed by atoms with Crippen LogP contribution in [0.5, 0.6) is 0 Å². The molecule has 0 unspecified atom stereocenters. The maximum absolute atomic E-state index is 12.6. The van der Waals surface area contributed by atoms with Gasteiger partial charge in [0.1, 0.15) is 4.90 Å². The van der Waals surface area contributed by atoms with E-state index in [0.29, 0.717) is 12.8 Å². The van der Waals surface area contributed by atoms with Crippen molar-refractivity contribution in [3.8, 4) is 0 Å². The van der Waals surface area contributed by atoms with Crippen LogP contribution in [-0.2, 0) is 14.8 Å². The number of sulfonamides is 1. The van der Waals surface area contributed by atoms with E-state index >= 15 is 0 Å². The Balaban J connectivity index is 2.51. The van der Waals surface area contributed by atoms with Gasteiger partial charge in [0.15, 0.2) is 0 Å². The first-order valence-corrected chi connectivity index (χ1v) is 8.30. The predicted molar refractivity (Wildman–Crippen MR) is 72.3 cm³/mol. The van der Waals surface area contributed by atoms with Gasteiger partial charge < -0.3 is 19.8 Å². The summed E-state index contributed by atoms with van der Waals surface area (Å²) in [7, 11) is -4.25. The van der Waals surface area contributed by atoms with Crippen molar-refractivity contribution in [1.82, 2.24) is 4.31 Å². The second-order valence-corrected chi connectivity index (χ2v) is 7.15. The van der Waals surface area contributed by atoms with Gasteiger partial charge in [-0.25, -0.2) is 8.42 Å². The van der Waals surface area contributed by atoms with E-state index in [1.54, 1.807) is 0 Å². The zero-order chi connectivity index (χ0) is 16.5. The number of hydrogen-bond donors (Lipinski definition) is 0. The number of rotatable bonds is 4. The minimum atomic E-state index is -4.25. The molecule has 0 bridgehead atoms. The Morgan fingerprint density at radius 2 is 1.91 bits per heavy atom. The fourth-order valence-corrected chi connectivity index (χ4v) is 4.53. The lowest BCUT2D eigenvalue weighted by Gasteiger charge is -2.35. The molecule has 1 aromatic carbocycles. The summed E-state index contributed by atoms with van der Waals surface area (Å²) in [5, 5.41) is 21.8. The first-order chi connectivity index (χ1) is 10.2. The summed E-state index contributed by atoms with van der Waals surface area (Å²) in [5.74, 6) is -3.04. The van der Waals surface area contributed by atoms with Crippen molar-refractivity contribution in [2.75, 3.05) is 6.54 Å². The molecule has 1 aromatic rings.